The molecule has 0 amide bonds. The van der Waals surface area contributed by atoms with Crippen LogP contribution in [0.5, 0.6) is 0 Å². The van der Waals surface area contributed by atoms with Crippen molar-refractivity contribution in [3.8, 4) is 0 Å². The van der Waals surface area contributed by atoms with Gasteiger partial charge >= 0.3 is 5.97 Å². The summed E-state index contributed by atoms with van der Waals surface area (Å²) in [6.07, 6.45) is 11.2. The Bertz CT molecular complexity index is 777. The summed E-state index contributed by atoms with van der Waals surface area (Å²) in [5.74, 6) is -0.865. The van der Waals surface area contributed by atoms with Crippen molar-refractivity contribution in [3.63, 3.8) is 0 Å². The second-order valence-electron chi connectivity index (χ2n) is 8.25. The van der Waals surface area contributed by atoms with Crippen LogP contribution in [0.15, 0.2) is 30.3 Å². The Kier molecular flexibility index (Phi) is 9.96. The summed E-state index contributed by atoms with van der Waals surface area (Å²) in [6.45, 7) is 4.35. The summed E-state index contributed by atoms with van der Waals surface area (Å²) >= 11 is 0. The van der Waals surface area contributed by atoms with Gasteiger partial charge in [0.15, 0.2) is 0 Å². The van der Waals surface area contributed by atoms with Gasteiger partial charge in [-0.05, 0) is 37.3 Å². The molecule has 1 N–H and O–H groups in total. The van der Waals surface area contributed by atoms with Gasteiger partial charge in [0.1, 0.15) is 0 Å². The van der Waals surface area contributed by atoms with Crippen molar-refractivity contribution in [2.24, 2.45) is 5.92 Å². The van der Waals surface area contributed by atoms with Crippen LogP contribution >= 0.6 is 0 Å². The number of carboxylic acid groups (broad SMARTS) is 1. The second kappa shape index (κ2) is 12.5. The lowest BCUT2D eigenvalue weighted by molar-refractivity contribution is -0.138. The van der Waals surface area contributed by atoms with Crippen molar-refractivity contribution in [3.05, 3.63) is 36.0 Å². The quantitative estimate of drug-likeness (QED) is 0.353. The molecule has 1 heterocycles. The number of rotatable bonds is 14. The minimum Gasteiger partial charge on any atom is -0.481 e. The number of unbranched alkanes of at least 4 members (excludes halogenated alkanes) is 6. The van der Waals surface area contributed by atoms with Gasteiger partial charge in [0.25, 0.3) is 0 Å². The molecular formula is C25H37NO3. The lowest BCUT2D eigenvalue weighted by Crippen LogP contribution is -2.19. The van der Waals surface area contributed by atoms with E-state index in [0.717, 1.165) is 55.1 Å². The van der Waals surface area contributed by atoms with Crippen molar-refractivity contribution in [1.82, 2.24) is 4.57 Å². The molecule has 0 saturated heterocycles. The summed E-state index contributed by atoms with van der Waals surface area (Å²) in [5, 5.41) is 10.4. The van der Waals surface area contributed by atoms with E-state index >= 15 is 0 Å². The van der Waals surface area contributed by atoms with Crippen LogP contribution in [0, 0.1) is 5.92 Å². The van der Waals surface area contributed by atoms with E-state index < -0.39 is 5.97 Å². The Morgan fingerprint density at radius 2 is 1.62 bits per heavy atom. The number of fused-ring (bicyclic) bond motifs is 1. The highest BCUT2D eigenvalue weighted by molar-refractivity contribution is 5.94. The first-order valence-electron chi connectivity index (χ1n) is 11.4. The van der Waals surface area contributed by atoms with Crippen LogP contribution in [0.3, 0.4) is 0 Å². The van der Waals surface area contributed by atoms with Gasteiger partial charge in [0.05, 0.1) is 5.52 Å². The lowest BCUT2D eigenvalue weighted by Gasteiger charge is -2.16. The maximum absolute atomic E-state index is 13.3. The monoisotopic (exact) mass is 399 g/mol. The number of aliphatic carboxylic acids is 1. The highest BCUT2D eigenvalue weighted by Crippen LogP contribution is 2.25. The molecular weight excluding hydrogens is 362 g/mol. The number of para-hydroxylation sites is 1. The fraction of sp³-hybridized carbons (Fsp3) is 0.600. The van der Waals surface area contributed by atoms with Crippen LogP contribution < -0.4 is 0 Å². The molecule has 0 radical (unpaired) electrons. The van der Waals surface area contributed by atoms with E-state index in [1.807, 2.05) is 22.8 Å². The third-order valence-electron chi connectivity index (χ3n) is 5.72. The smallest absolute Gasteiger partial charge is 0.303 e. The summed E-state index contributed by atoms with van der Waals surface area (Å²) in [5.41, 5.74) is 2.01. The minimum absolute atomic E-state index is 0.0394. The number of aryl methyl sites for hydroxylation is 1. The molecule has 0 aliphatic rings. The largest absolute Gasteiger partial charge is 0.481 e. The Morgan fingerprint density at radius 3 is 2.34 bits per heavy atom. The molecule has 0 saturated carbocycles. The third-order valence-corrected chi connectivity index (χ3v) is 5.72. The minimum atomic E-state index is -0.812. The van der Waals surface area contributed by atoms with E-state index in [2.05, 4.69) is 26.0 Å². The maximum atomic E-state index is 13.3. The first-order valence-corrected chi connectivity index (χ1v) is 11.4. The molecule has 0 aliphatic heterocycles. The molecule has 0 bridgehead atoms. The van der Waals surface area contributed by atoms with Crippen LogP contribution in [0.25, 0.3) is 10.9 Å². The standard InChI is InChI=1S/C25H37NO3/c1-3-5-7-8-10-15-22-19-21-14-11-12-16-23(21)26(22)24(27)17-20(18-25(28)29)13-9-6-4-2/h11-12,14,16,19-20H,3-10,13,15,17-18H2,1-2H3,(H,28,29). The molecule has 160 valence electrons. The molecule has 2 aromatic rings. The zero-order chi connectivity index (χ0) is 21.1. The SMILES string of the molecule is CCCCCCCc1cc2ccccc2n1C(=O)CC(CCCCC)CC(=O)O. The first-order chi connectivity index (χ1) is 14.1. The number of carboxylic acids is 1. The molecule has 4 heteroatoms. The van der Waals surface area contributed by atoms with Gasteiger partial charge in [-0.15, -0.1) is 0 Å². The van der Waals surface area contributed by atoms with E-state index in [9.17, 15) is 14.7 Å². The molecule has 0 spiro atoms. The van der Waals surface area contributed by atoms with Gasteiger partial charge in [-0.1, -0.05) is 77.0 Å². The van der Waals surface area contributed by atoms with Crippen molar-refractivity contribution in [2.75, 3.05) is 0 Å². The molecule has 2 rings (SSSR count). The highest BCUT2D eigenvalue weighted by Gasteiger charge is 2.21. The molecule has 4 nitrogen and oxygen atoms in total. The predicted molar refractivity (Wildman–Crippen MR) is 120 cm³/mol. The van der Waals surface area contributed by atoms with Crippen LogP contribution in [-0.2, 0) is 11.2 Å². The van der Waals surface area contributed by atoms with Crippen molar-refractivity contribution < 1.29 is 14.7 Å². The fourth-order valence-electron chi connectivity index (χ4n) is 4.14. The van der Waals surface area contributed by atoms with Crippen LogP contribution in [0.2, 0.25) is 0 Å². The average Bonchev–Trinajstić information content (AvgIpc) is 3.05. The Morgan fingerprint density at radius 1 is 0.931 bits per heavy atom. The molecule has 0 fully saturated rings. The van der Waals surface area contributed by atoms with Crippen LogP contribution in [0.4, 0.5) is 0 Å². The van der Waals surface area contributed by atoms with Crippen molar-refractivity contribution in [2.45, 2.75) is 90.9 Å². The normalized spacial score (nSPS) is 12.3. The van der Waals surface area contributed by atoms with E-state index in [4.69, 9.17) is 0 Å². The van der Waals surface area contributed by atoms with Gasteiger partial charge in [0, 0.05) is 23.9 Å². The molecule has 1 aromatic carbocycles. The van der Waals surface area contributed by atoms with Crippen molar-refractivity contribution in [1.29, 1.82) is 0 Å². The summed E-state index contributed by atoms with van der Waals surface area (Å²) in [6, 6.07) is 10.1. The van der Waals surface area contributed by atoms with E-state index in [1.165, 1.54) is 25.7 Å². The molecule has 1 unspecified atom stereocenters. The Balaban J connectivity index is 2.16. The van der Waals surface area contributed by atoms with Gasteiger partial charge in [0.2, 0.25) is 5.91 Å². The number of carbonyl (C=O) groups excluding carboxylic acids is 1. The molecule has 0 aliphatic carbocycles. The van der Waals surface area contributed by atoms with Crippen molar-refractivity contribution >= 4 is 22.8 Å². The van der Waals surface area contributed by atoms with E-state index in [-0.39, 0.29) is 18.2 Å². The Hall–Kier alpha value is -2.10. The second-order valence-corrected chi connectivity index (χ2v) is 8.25. The lowest BCUT2D eigenvalue weighted by atomic mass is 9.94. The maximum Gasteiger partial charge on any atom is 0.303 e. The number of benzene rings is 1. The fourth-order valence-corrected chi connectivity index (χ4v) is 4.14. The van der Waals surface area contributed by atoms with E-state index in [0.29, 0.717) is 6.42 Å². The summed E-state index contributed by atoms with van der Waals surface area (Å²) in [4.78, 5) is 24.6. The number of hydrogen-bond donors (Lipinski definition) is 1. The first kappa shape index (κ1) is 23.2. The zero-order valence-electron chi connectivity index (χ0n) is 18.2. The number of nitrogens with zero attached hydrogens (tertiary/aromatic N) is 1. The predicted octanol–water partition coefficient (Wildman–Crippen LogP) is 6.86. The topological polar surface area (TPSA) is 59.3 Å². The van der Waals surface area contributed by atoms with E-state index in [1.54, 1.807) is 0 Å². The van der Waals surface area contributed by atoms with Crippen LogP contribution in [-0.4, -0.2) is 21.6 Å². The zero-order valence-corrected chi connectivity index (χ0v) is 18.2. The van der Waals surface area contributed by atoms with Gasteiger partial charge in [-0.3, -0.25) is 14.2 Å². The average molecular weight is 400 g/mol. The molecule has 1 atom stereocenters. The number of hydrogen-bond acceptors (Lipinski definition) is 2. The van der Waals surface area contributed by atoms with Gasteiger partial charge < -0.3 is 5.11 Å². The van der Waals surface area contributed by atoms with Crippen LogP contribution in [0.1, 0.15) is 95.0 Å². The highest BCUT2D eigenvalue weighted by atomic mass is 16.4. The Labute approximate surface area is 175 Å². The molecule has 1 aromatic heterocycles. The third kappa shape index (κ3) is 7.34. The van der Waals surface area contributed by atoms with Gasteiger partial charge in [-0.25, -0.2) is 0 Å². The molecule has 29 heavy (non-hydrogen) atoms. The number of carbonyl (C=O) groups is 2. The summed E-state index contributed by atoms with van der Waals surface area (Å²) < 4.78 is 1.86. The number of aromatic nitrogens is 1. The summed E-state index contributed by atoms with van der Waals surface area (Å²) in [7, 11) is 0. The van der Waals surface area contributed by atoms with Gasteiger partial charge in [-0.2, -0.15) is 0 Å².